The van der Waals surface area contributed by atoms with Crippen molar-refractivity contribution in [3.63, 3.8) is 0 Å². The van der Waals surface area contributed by atoms with Gasteiger partial charge in [-0.15, -0.1) is 24.8 Å². The van der Waals surface area contributed by atoms with Crippen LogP contribution in [0.25, 0.3) is 0 Å². The zero-order valence-corrected chi connectivity index (χ0v) is 24.5. The number of rotatable bonds is 17. The van der Waals surface area contributed by atoms with Crippen LogP contribution in [0.1, 0.15) is 47.9 Å². The topological polar surface area (TPSA) is 61.0 Å². The maximum Gasteiger partial charge on any atom is 0.163 e. The number of halogens is 2. The molecule has 0 spiro atoms. The smallest absolute Gasteiger partial charge is 0.163 e. The summed E-state index contributed by atoms with van der Waals surface area (Å²) in [5.41, 5.74) is 4.94. The van der Waals surface area contributed by atoms with Crippen molar-refractivity contribution in [2.24, 2.45) is 0 Å². The number of nitrogens with one attached hydrogen (secondary N) is 2. The second-order valence-corrected chi connectivity index (χ2v) is 8.58. The quantitative estimate of drug-likeness (QED) is 0.249. The molecule has 6 nitrogen and oxygen atoms in total. The van der Waals surface area contributed by atoms with E-state index in [0.717, 1.165) is 73.1 Å². The first-order valence-corrected chi connectivity index (χ1v) is 12.4. The van der Waals surface area contributed by atoms with Crippen LogP contribution in [0.3, 0.4) is 0 Å². The summed E-state index contributed by atoms with van der Waals surface area (Å²) in [7, 11) is 6.74. The van der Waals surface area contributed by atoms with Crippen LogP contribution in [-0.4, -0.2) is 54.6 Å². The SMILES string of the molecule is COc1ccc(CCNCCCCCCNCCc2ccc(OC)c(OC)c2C)c(C)c1OC.Cl.Cl. The Bertz CT molecular complexity index is 810. The maximum atomic E-state index is 5.50. The van der Waals surface area contributed by atoms with Crippen molar-refractivity contribution >= 4 is 24.8 Å². The van der Waals surface area contributed by atoms with Gasteiger partial charge in [0.25, 0.3) is 0 Å². The second-order valence-electron chi connectivity index (χ2n) is 8.58. The number of hydrogen-bond acceptors (Lipinski definition) is 6. The Labute approximate surface area is 230 Å². The van der Waals surface area contributed by atoms with Gasteiger partial charge in [0.2, 0.25) is 0 Å². The van der Waals surface area contributed by atoms with E-state index in [-0.39, 0.29) is 24.8 Å². The predicted molar refractivity (Wildman–Crippen MR) is 155 cm³/mol. The van der Waals surface area contributed by atoms with Gasteiger partial charge in [-0.25, -0.2) is 0 Å². The minimum atomic E-state index is 0. The number of benzene rings is 2. The molecule has 0 saturated heterocycles. The van der Waals surface area contributed by atoms with Crippen LogP contribution in [0.5, 0.6) is 23.0 Å². The van der Waals surface area contributed by atoms with E-state index in [1.165, 1.54) is 36.8 Å². The molecule has 36 heavy (non-hydrogen) atoms. The van der Waals surface area contributed by atoms with Crippen molar-refractivity contribution in [1.29, 1.82) is 0 Å². The lowest BCUT2D eigenvalue weighted by Crippen LogP contribution is -2.20. The Kier molecular flexibility index (Phi) is 18.3. The van der Waals surface area contributed by atoms with Crippen LogP contribution in [0.4, 0.5) is 0 Å². The Morgan fingerprint density at radius 3 is 1.25 bits per heavy atom. The minimum absolute atomic E-state index is 0. The molecule has 0 bridgehead atoms. The van der Waals surface area contributed by atoms with E-state index in [1.54, 1.807) is 28.4 Å². The number of hydrogen-bond donors (Lipinski definition) is 2. The van der Waals surface area contributed by atoms with E-state index in [0.29, 0.717) is 0 Å². The van der Waals surface area contributed by atoms with Gasteiger partial charge in [0.1, 0.15) is 0 Å². The largest absolute Gasteiger partial charge is 0.493 e. The van der Waals surface area contributed by atoms with Gasteiger partial charge in [-0.2, -0.15) is 0 Å². The monoisotopic (exact) mass is 544 g/mol. The predicted octanol–water partition coefficient (Wildman–Crippen LogP) is 5.71. The molecule has 0 unspecified atom stereocenters. The molecule has 2 aromatic carbocycles. The normalized spacial score (nSPS) is 10.3. The van der Waals surface area contributed by atoms with Gasteiger partial charge in [-0.1, -0.05) is 25.0 Å². The van der Waals surface area contributed by atoms with E-state index >= 15 is 0 Å². The van der Waals surface area contributed by atoms with E-state index in [2.05, 4.69) is 36.6 Å². The fourth-order valence-corrected chi connectivity index (χ4v) is 4.34. The molecule has 8 heteroatoms. The van der Waals surface area contributed by atoms with Gasteiger partial charge < -0.3 is 29.6 Å². The summed E-state index contributed by atoms with van der Waals surface area (Å²) in [6, 6.07) is 8.25. The number of ether oxygens (including phenoxy) is 4. The Morgan fingerprint density at radius 2 is 0.917 bits per heavy atom. The van der Waals surface area contributed by atoms with E-state index < -0.39 is 0 Å². The lowest BCUT2D eigenvalue weighted by molar-refractivity contribution is 0.352. The van der Waals surface area contributed by atoms with Crippen molar-refractivity contribution in [3.8, 4) is 23.0 Å². The molecule has 0 heterocycles. The number of methoxy groups -OCH3 is 4. The molecule has 2 rings (SSSR count). The average molecular weight is 546 g/mol. The van der Waals surface area contributed by atoms with Crippen LogP contribution in [0.2, 0.25) is 0 Å². The van der Waals surface area contributed by atoms with Crippen LogP contribution in [0.15, 0.2) is 24.3 Å². The Morgan fingerprint density at radius 1 is 0.528 bits per heavy atom. The highest BCUT2D eigenvalue weighted by atomic mass is 35.5. The zero-order chi connectivity index (χ0) is 24.8. The molecule has 0 radical (unpaired) electrons. The van der Waals surface area contributed by atoms with Crippen LogP contribution in [0, 0.1) is 13.8 Å². The Balaban J connectivity index is 0.00000612. The summed E-state index contributed by atoms with van der Waals surface area (Å²) >= 11 is 0. The maximum absolute atomic E-state index is 5.50. The lowest BCUT2D eigenvalue weighted by atomic mass is 10.0. The van der Waals surface area contributed by atoms with Crippen LogP contribution in [-0.2, 0) is 12.8 Å². The van der Waals surface area contributed by atoms with Gasteiger partial charge in [0.05, 0.1) is 28.4 Å². The molecular formula is C28H46Cl2N2O4. The van der Waals surface area contributed by atoms with Crippen LogP contribution >= 0.6 is 24.8 Å². The summed E-state index contributed by atoms with van der Waals surface area (Å²) in [6.45, 7) is 8.29. The summed E-state index contributed by atoms with van der Waals surface area (Å²) in [4.78, 5) is 0. The fourth-order valence-electron chi connectivity index (χ4n) is 4.34. The first kappa shape index (κ1) is 34.1. The molecule has 0 atom stereocenters. The summed E-state index contributed by atoms with van der Waals surface area (Å²) in [6.07, 6.45) is 6.95. The van der Waals surface area contributed by atoms with Crippen LogP contribution < -0.4 is 29.6 Å². The van der Waals surface area contributed by atoms with E-state index in [1.807, 2.05) is 12.1 Å². The molecule has 0 aliphatic heterocycles. The van der Waals surface area contributed by atoms with Gasteiger partial charge >= 0.3 is 0 Å². The average Bonchev–Trinajstić information content (AvgIpc) is 2.85. The lowest BCUT2D eigenvalue weighted by Gasteiger charge is -2.14. The second kappa shape index (κ2) is 19.3. The molecule has 2 aromatic rings. The van der Waals surface area contributed by atoms with E-state index in [4.69, 9.17) is 18.9 Å². The molecule has 0 fully saturated rings. The van der Waals surface area contributed by atoms with E-state index in [9.17, 15) is 0 Å². The fraction of sp³-hybridized carbons (Fsp3) is 0.571. The molecular weight excluding hydrogens is 499 g/mol. The Hall–Kier alpha value is -1.86. The highest BCUT2D eigenvalue weighted by Gasteiger charge is 2.11. The minimum Gasteiger partial charge on any atom is -0.493 e. The molecule has 2 N–H and O–H groups in total. The molecule has 0 aliphatic rings. The van der Waals surface area contributed by atoms with Crippen molar-refractivity contribution in [3.05, 3.63) is 46.5 Å². The van der Waals surface area contributed by atoms with Crippen molar-refractivity contribution in [2.75, 3.05) is 54.6 Å². The van der Waals surface area contributed by atoms with Gasteiger partial charge in [0, 0.05) is 0 Å². The van der Waals surface area contributed by atoms with Gasteiger partial charge in [0.15, 0.2) is 23.0 Å². The first-order valence-electron chi connectivity index (χ1n) is 12.4. The first-order chi connectivity index (χ1) is 16.6. The standard InChI is InChI=1S/C28H44N2O4.2ClH/c1-21-23(11-13-25(31-3)27(21)33-5)15-19-29-17-9-7-8-10-18-30-20-16-24-12-14-26(32-4)28(34-6)22(24)2;;/h11-14,29-30H,7-10,15-20H2,1-6H3;2*1H. The van der Waals surface area contributed by atoms with Crippen molar-refractivity contribution in [2.45, 2.75) is 52.4 Å². The highest BCUT2D eigenvalue weighted by molar-refractivity contribution is 5.85. The third kappa shape index (κ3) is 10.3. The third-order valence-electron chi connectivity index (χ3n) is 6.41. The molecule has 0 amide bonds. The highest BCUT2D eigenvalue weighted by Crippen LogP contribution is 2.33. The van der Waals surface area contributed by atoms with Gasteiger partial charge in [-0.3, -0.25) is 0 Å². The summed E-state index contributed by atoms with van der Waals surface area (Å²) in [5.74, 6) is 3.27. The summed E-state index contributed by atoms with van der Waals surface area (Å²) < 4.78 is 21.7. The molecule has 0 aromatic heterocycles. The molecule has 0 aliphatic carbocycles. The summed E-state index contributed by atoms with van der Waals surface area (Å²) in [5, 5.41) is 7.14. The van der Waals surface area contributed by atoms with Crippen molar-refractivity contribution in [1.82, 2.24) is 10.6 Å². The number of unbranched alkanes of at least 4 members (excludes halogenated alkanes) is 3. The molecule has 0 saturated carbocycles. The van der Waals surface area contributed by atoms with Gasteiger partial charge in [-0.05, 0) is 100 Å². The van der Waals surface area contributed by atoms with Crippen molar-refractivity contribution < 1.29 is 18.9 Å². The molecule has 206 valence electrons. The zero-order valence-electron chi connectivity index (χ0n) is 22.8. The third-order valence-corrected chi connectivity index (χ3v) is 6.41.